The Morgan fingerprint density at radius 3 is 2.48 bits per heavy atom. The van der Waals surface area contributed by atoms with E-state index >= 15 is 0 Å². The minimum atomic E-state index is -4.51. The van der Waals surface area contributed by atoms with Crippen LogP contribution in [0.2, 0.25) is 0 Å². The molecule has 3 aromatic rings. The average Bonchev–Trinajstić information content (AvgIpc) is 2.98. The summed E-state index contributed by atoms with van der Waals surface area (Å²) in [6.07, 6.45) is -2.23. The standard InChI is InChI=1S/C16H14F3N3O2S/c1-22(2)25(23,24)12-5-3-4-10(6-12)11-7-13-14(16(17,18)19)9-21-15(13)20-8-11/h3-9H,1-2H3,(H,20,21). The normalized spacial score (nSPS) is 12.9. The Labute approximate surface area is 142 Å². The number of hydrogen-bond acceptors (Lipinski definition) is 3. The molecule has 0 aliphatic heterocycles. The van der Waals surface area contributed by atoms with Gasteiger partial charge in [-0.25, -0.2) is 17.7 Å². The molecule has 0 saturated carbocycles. The van der Waals surface area contributed by atoms with E-state index < -0.39 is 21.8 Å². The maximum Gasteiger partial charge on any atom is 0.418 e. The van der Waals surface area contributed by atoms with Gasteiger partial charge in [0, 0.05) is 37.4 Å². The Bertz CT molecular complexity index is 1040. The van der Waals surface area contributed by atoms with Gasteiger partial charge < -0.3 is 4.98 Å². The van der Waals surface area contributed by atoms with Gasteiger partial charge in [-0.1, -0.05) is 12.1 Å². The van der Waals surface area contributed by atoms with Crippen molar-refractivity contribution in [3.05, 3.63) is 48.3 Å². The molecule has 0 saturated heterocycles. The number of halogens is 3. The average molecular weight is 369 g/mol. The number of nitrogens with zero attached hydrogens (tertiary/aromatic N) is 2. The van der Waals surface area contributed by atoms with Crippen molar-refractivity contribution in [3.63, 3.8) is 0 Å². The summed E-state index contributed by atoms with van der Waals surface area (Å²) in [7, 11) is -0.828. The number of fused-ring (bicyclic) bond motifs is 1. The van der Waals surface area contributed by atoms with E-state index in [1.54, 1.807) is 6.07 Å². The second kappa shape index (κ2) is 5.85. The Kier molecular flexibility index (Phi) is 4.08. The highest BCUT2D eigenvalue weighted by Gasteiger charge is 2.34. The van der Waals surface area contributed by atoms with Crippen molar-refractivity contribution in [1.82, 2.24) is 14.3 Å². The van der Waals surface area contributed by atoms with Crippen LogP contribution < -0.4 is 0 Å². The number of sulfonamides is 1. The number of aromatic nitrogens is 2. The van der Waals surface area contributed by atoms with Crippen LogP contribution in [0.3, 0.4) is 0 Å². The zero-order chi connectivity index (χ0) is 18.4. The molecule has 3 rings (SSSR count). The number of rotatable bonds is 3. The van der Waals surface area contributed by atoms with Crippen molar-refractivity contribution in [3.8, 4) is 11.1 Å². The number of H-pyrrole nitrogens is 1. The van der Waals surface area contributed by atoms with E-state index in [-0.39, 0.29) is 15.9 Å². The molecule has 5 nitrogen and oxygen atoms in total. The van der Waals surface area contributed by atoms with Crippen LogP contribution in [-0.2, 0) is 16.2 Å². The summed E-state index contributed by atoms with van der Waals surface area (Å²) in [5.41, 5.74) is 0.169. The van der Waals surface area contributed by atoms with Crippen molar-refractivity contribution < 1.29 is 21.6 Å². The Balaban J connectivity index is 2.14. The van der Waals surface area contributed by atoms with Gasteiger partial charge in [0.05, 0.1) is 10.5 Å². The predicted octanol–water partition coefficient (Wildman–Crippen LogP) is 3.50. The zero-order valence-electron chi connectivity index (χ0n) is 13.3. The highest BCUT2D eigenvalue weighted by Crippen LogP contribution is 2.36. The van der Waals surface area contributed by atoms with Crippen molar-refractivity contribution in [1.29, 1.82) is 0 Å². The quantitative estimate of drug-likeness (QED) is 0.768. The smallest absolute Gasteiger partial charge is 0.346 e. The van der Waals surface area contributed by atoms with E-state index in [1.165, 1.54) is 44.6 Å². The lowest BCUT2D eigenvalue weighted by molar-refractivity contribution is -0.136. The monoisotopic (exact) mass is 369 g/mol. The van der Waals surface area contributed by atoms with Gasteiger partial charge in [0.25, 0.3) is 0 Å². The molecule has 2 heterocycles. The highest BCUT2D eigenvalue weighted by molar-refractivity contribution is 7.89. The van der Waals surface area contributed by atoms with Crippen molar-refractivity contribution in [2.45, 2.75) is 11.1 Å². The summed E-state index contributed by atoms with van der Waals surface area (Å²) in [6.45, 7) is 0. The SMILES string of the molecule is CN(C)S(=O)(=O)c1cccc(-c2cnc3[nH]cc(C(F)(F)F)c3c2)c1. The molecule has 0 aliphatic rings. The van der Waals surface area contributed by atoms with Gasteiger partial charge in [0.1, 0.15) is 5.65 Å². The van der Waals surface area contributed by atoms with Crippen molar-refractivity contribution in [2.75, 3.05) is 14.1 Å². The van der Waals surface area contributed by atoms with Crippen LogP contribution in [0.1, 0.15) is 5.56 Å². The molecule has 0 radical (unpaired) electrons. The first-order valence-corrected chi connectivity index (χ1v) is 8.62. The summed E-state index contributed by atoms with van der Waals surface area (Å²) in [4.78, 5) is 6.55. The van der Waals surface area contributed by atoms with Crippen LogP contribution in [0, 0.1) is 0 Å². The topological polar surface area (TPSA) is 66.1 Å². The third-order valence-electron chi connectivity index (χ3n) is 3.78. The second-order valence-corrected chi connectivity index (χ2v) is 7.79. The lowest BCUT2D eigenvalue weighted by atomic mass is 10.1. The van der Waals surface area contributed by atoms with Gasteiger partial charge in [-0.15, -0.1) is 0 Å². The molecule has 132 valence electrons. The van der Waals surface area contributed by atoms with E-state index in [4.69, 9.17) is 0 Å². The number of nitrogens with one attached hydrogen (secondary N) is 1. The number of pyridine rings is 1. The number of hydrogen-bond donors (Lipinski definition) is 1. The molecule has 0 unspecified atom stereocenters. The molecular formula is C16H14F3N3O2S. The fourth-order valence-corrected chi connectivity index (χ4v) is 3.39. The summed E-state index contributed by atoms with van der Waals surface area (Å²) in [5.74, 6) is 0. The maximum atomic E-state index is 13.1. The van der Waals surface area contributed by atoms with Gasteiger partial charge in [-0.3, -0.25) is 0 Å². The molecule has 2 aromatic heterocycles. The Morgan fingerprint density at radius 1 is 1.12 bits per heavy atom. The number of aromatic amines is 1. The third-order valence-corrected chi connectivity index (χ3v) is 5.59. The molecule has 0 fully saturated rings. The van der Waals surface area contributed by atoms with Crippen LogP contribution in [0.5, 0.6) is 0 Å². The molecular weight excluding hydrogens is 355 g/mol. The van der Waals surface area contributed by atoms with Gasteiger partial charge in [0.15, 0.2) is 0 Å². The minimum absolute atomic E-state index is 0.0558. The van der Waals surface area contributed by atoms with Gasteiger partial charge >= 0.3 is 6.18 Å². The molecule has 0 atom stereocenters. The highest BCUT2D eigenvalue weighted by atomic mass is 32.2. The van der Waals surface area contributed by atoms with Crippen LogP contribution in [0.15, 0.2) is 47.6 Å². The minimum Gasteiger partial charge on any atom is -0.346 e. The Morgan fingerprint density at radius 2 is 1.84 bits per heavy atom. The molecule has 9 heteroatoms. The largest absolute Gasteiger partial charge is 0.418 e. The molecule has 1 aromatic carbocycles. The number of alkyl halides is 3. The lowest BCUT2D eigenvalue weighted by Crippen LogP contribution is -2.22. The van der Waals surface area contributed by atoms with Crippen LogP contribution in [0.4, 0.5) is 13.2 Å². The molecule has 1 N–H and O–H groups in total. The van der Waals surface area contributed by atoms with Crippen LogP contribution >= 0.6 is 0 Å². The van der Waals surface area contributed by atoms with Crippen molar-refractivity contribution in [2.24, 2.45) is 0 Å². The maximum absolute atomic E-state index is 13.1. The fourth-order valence-electron chi connectivity index (χ4n) is 2.44. The van der Waals surface area contributed by atoms with Crippen LogP contribution in [-0.4, -0.2) is 36.8 Å². The zero-order valence-corrected chi connectivity index (χ0v) is 14.1. The molecule has 25 heavy (non-hydrogen) atoms. The van der Waals surface area contributed by atoms with Crippen LogP contribution in [0.25, 0.3) is 22.2 Å². The van der Waals surface area contributed by atoms with E-state index in [1.807, 2.05) is 0 Å². The summed E-state index contributed by atoms with van der Waals surface area (Å²) >= 11 is 0. The predicted molar refractivity (Wildman–Crippen MR) is 87.4 cm³/mol. The summed E-state index contributed by atoms with van der Waals surface area (Å²) in [5, 5.41) is -0.0640. The second-order valence-electron chi connectivity index (χ2n) is 5.64. The third kappa shape index (κ3) is 3.12. The fraction of sp³-hybridized carbons (Fsp3) is 0.188. The summed E-state index contributed by atoms with van der Waals surface area (Å²) in [6, 6.07) is 7.36. The van der Waals surface area contributed by atoms with E-state index in [9.17, 15) is 21.6 Å². The van der Waals surface area contributed by atoms with Gasteiger partial charge in [-0.05, 0) is 23.8 Å². The molecule has 0 spiro atoms. The first kappa shape index (κ1) is 17.4. The van der Waals surface area contributed by atoms with Crippen molar-refractivity contribution >= 4 is 21.1 Å². The molecule has 0 aliphatic carbocycles. The van der Waals surface area contributed by atoms with E-state index in [0.29, 0.717) is 11.1 Å². The summed E-state index contributed by atoms with van der Waals surface area (Å²) < 4.78 is 64.7. The molecule has 0 amide bonds. The number of benzene rings is 1. The van der Waals surface area contributed by atoms with E-state index in [2.05, 4.69) is 9.97 Å². The first-order chi connectivity index (χ1) is 11.6. The molecule has 0 bridgehead atoms. The first-order valence-electron chi connectivity index (χ1n) is 7.18. The lowest BCUT2D eigenvalue weighted by Gasteiger charge is -2.12. The van der Waals surface area contributed by atoms with Gasteiger partial charge in [0.2, 0.25) is 10.0 Å². The van der Waals surface area contributed by atoms with Gasteiger partial charge in [-0.2, -0.15) is 13.2 Å². The van der Waals surface area contributed by atoms with E-state index in [0.717, 1.165) is 10.5 Å². The Hall–Kier alpha value is -2.39.